The molecular weight excluding hydrogens is 589 g/mol. The lowest BCUT2D eigenvalue weighted by atomic mass is 10.0. The van der Waals surface area contributed by atoms with E-state index in [4.69, 9.17) is 16.3 Å². The summed E-state index contributed by atoms with van der Waals surface area (Å²) in [6.45, 7) is 0.389. The summed E-state index contributed by atoms with van der Waals surface area (Å²) in [5, 5.41) is 4.30. The Kier molecular flexibility index (Phi) is 9.93. The van der Waals surface area contributed by atoms with Gasteiger partial charge in [0.2, 0.25) is 0 Å². The number of nitrogens with one attached hydrogen (secondary N) is 1. The summed E-state index contributed by atoms with van der Waals surface area (Å²) in [6.07, 6.45) is 4.98. The maximum Gasteiger partial charge on any atom is 0.316 e. The molecule has 0 fully saturated rings. The van der Waals surface area contributed by atoms with Crippen molar-refractivity contribution in [2.75, 3.05) is 7.11 Å². The van der Waals surface area contributed by atoms with Gasteiger partial charge < -0.3 is 9.30 Å². The molecule has 0 saturated carbocycles. The van der Waals surface area contributed by atoms with Crippen LogP contribution in [0.15, 0.2) is 101 Å². The van der Waals surface area contributed by atoms with Gasteiger partial charge in [0.15, 0.2) is 11.4 Å². The first-order valence-corrected chi connectivity index (χ1v) is 14.7. The van der Waals surface area contributed by atoms with Crippen LogP contribution < -0.4 is 15.6 Å². The fourth-order valence-electron chi connectivity index (χ4n) is 4.30. The predicted molar refractivity (Wildman–Crippen MR) is 165 cm³/mol. The summed E-state index contributed by atoms with van der Waals surface area (Å²) in [7, 11) is 1.47. The number of carbonyl (C=O) groups is 1. The van der Waals surface area contributed by atoms with Crippen molar-refractivity contribution < 1.29 is 13.9 Å². The van der Waals surface area contributed by atoms with Crippen LogP contribution in [0.2, 0.25) is 5.02 Å². The van der Waals surface area contributed by atoms with Gasteiger partial charge in [0.25, 0.3) is 5.56 Å². The molecule has 0 aliphatic heterocycles. The van der Waals surface area contributed by atoms with Crippen LogP contribution in [0.5, 0.6) is 6.01 Å². The predicted octanol–water partition coefficient (Wildman–Crippen LogP) is 5.87. The Morgan fingerprint density at radius 2 is 1.58 bits per heavy atom. The van der Waals surface area contributed by atoms with Crippen molar-refractivity contribution in [3.63, 3.8) is 0 Å². The smallest absolute Gasteiger partial charge is 0.316 e. The second-order valence-corrected chi connectivity index (χ2v) is 11.0. The van der Waals surface area contributed by atoms with E-state index in [1.165, 1.54) is 31.0 Å². The second kappa shape index (κ2) is 14.2. The molecule has 8 nitrogen and oxygen atoms in total. The van der Waals surface area contributed by atoms with Crippen LogP contribution in [0.3, 0.4) is 0 Å². The van der Waals surface area contributed by atoms with Crippen molar-refractivity contribution in [2.45, 2.75) is 30.0 Å². The summed E-state index contributed by atoms with van der Waals surface area (Å²) in [6, 6.07) is 21.9. The molecule has 0 aliphatic carbocycles. The molecule has 2 aromatic heterocycles. The fraction of sp³-hybridized carbons (Fsp3) is 0.156. The van der Waals surface area contributed by atoms with E-state index in [-0.39, 0.29) is 18.2 Å². The average molecular weight is 616 g/mol. The normalized spacial score (nSPS) is 11.7. The van der Waals surface area contributed by atoms with Crippen LogP contribution in [-0.4, -0.2) is 32.9 Å². The largest absolute Gasteiger partial charge is 0.467 e. The summed E-state index contributed by atoms with van der Waals surface area (Å²) in [5.41, 5.74) is 4.55. The molecule has 5 rings (SSSR count). The van der Waals surface area contributed by atoms with Gasteiger partial charge in [-0.25, -0.2) is 14.4 Å². The molecule has 0 radical (unpaired) electrons. The third-order valence-electron chi connectivity index (χ3n) is 6.60. The third kappa shape index (κ3) is 7.92. The summed E-state index contributed by atoms with van der Waals surface area (Å²) >= 11 is 7.30. The van der Waals surface area contributed by atoms with Crippen molar-refractivity contribution in [3.05, 3.63) is 135 Å². The van der Waals surface area contributed by atoms with Gasteiger partial charge in [0.1, 0.15) is 12.0 Å². The molecule has 0 spiro atoms. The molecule has 3 aromatic carbocycles. The van der Waals surface area contributed by atoms with Crippen molar-refractivity contribution in [2.24, 2.45) is 0 Å². The number of nitrogens with zero attached hydrogens (tertiary/aromatic N) is 4. The Bertz CT molecular complexity index is 1730. The van der Waals surface area contributed by atoms with E-state index in [1.54, 1.807) is 35.3 Å². The van der Waals surface area contributed by atoms with Crippen LogP contribution in [0.25, 0.3) is 11.1 Å². The lowest BCUT2D eigenvalue weighted by Gasteiger charge is -2.21. The van der Waals surface area contributed by atoms with Crippen molar-refractivity contribution in [1.82, 2.24) is 24.8 Å². The molecule has 11 heteroatoms. The molecule has 1 atom stereocenters. The number of carbonyl (C=O) groups excluding carboxylic acids is 1. The molecule has 0 bridgehead atoms. The Morgan fingerprint density at radius 3 is 2.21 bits per heavy atom. The zero-order chi connectivity index (χ0) is 30.2. The molecule has 5 aromatic rings. The van der Waals surface area contributed by atoms with Gasteiger partial charge >= 0.3 is 6.01 Å². The van der Waals surface area contributed by atoms with Crippen LogP contribution in [0.4, 0.5) is 4.39 Å². The minimum absolute atomic E-state index is 0.219. The highest BCUT2D eigenvalue weighted by atomic mass is 35.5. The number of aromatic nitrogens is 4. The van der Waals surface area contributed by atoms with Gasteiger partial charge in [-0.1, -0.05) is 71.9 Å². The average Bonchev–Trinajstić information content (AvgIpc) is 3.03. The topological polar surface area (TPSA) is 99.0 Å². The maximum absolute atomic E-state index is 13.4. The summed E-state index contributed by atoms with van der Waals surface area (Å²) in [4.78, 5) is 38.0. The number of aldehydes is 1. The highest BCUT2D eigenvalue weighted by molar-refractivity contribution is 7.98. The Hall–Kier alpha value is -4.38. The van der Waals surface area contributed by atoms with E-state index in [0.717, 1.165) is 28.5 Å². The first-order valence-electron chi connectivity index (χ1n) is 13.3. The van der Waals surface area contributed by atoms with E-state index >= 15 is 0 Å². The van der Waals surface area contributed by atoms with Crippen LogP contribution in [0, 0.1) is 5.82 Å². The molecule has 218 valence electrons. The minimum Gasteiger partial charge on any atom is -0.467 e. The van der Waals surface area contributed by atoms with Crippen molar-refractivity contribution in [3.8, 4) is 17.1 Å². The second-order valence-electron chi connectivity index (χ2n) is 9.60. The van der Waals surface area contributed by atoms with Gasteiger partial charge in [0.05, 0.1) is 7.11 Å². The Balaban J connectivity index is 1.38. The Labute approximate surface area is 257 Å². The lowest BCUT2D eigenvalue weighted by molar-refractivity contribution is -0.111. The third-order valence-corrected chi connectivity index (χ3v) is 7.89. The number of benzene rings is 3. The zero-order valence-corrected chi connectivity index (χ0v) is 24.7. The number of ether oxygens (including phenoxy) is 1. The summed E-state index contributed by atoms with van der Waals surface area (Å²) < 4.78 is 20.1. The SMILES string of the molecule is COc1ncc(Cc2cn(C(C=O)NCc3ccc(-c4ccc(Cl)cc4)cc3)c(SCc3ccc(F)cc3)nc2=O)cn1. The quantitative estimate of drug-likeness (QED) is 0.106. The first-order chi connectivity index (χ1) is 20.9. The van der Waals surface area contributed by atoms with E-state index in [0.29, 0.717) is 33.6 Å². The van der Waals surface area contributed by atoms with Crippen molar-refractivity contribution in [1.29, 1.82) is 0 Å². The molecular formula is C32H27ClFN5O3S. The van der Waals surface area contributed by atoms with E-state index < -0.39 is 11.7 Å². The number of hydrogen-bond donors (Lipinski definition) is 1. The molecule has 1 N–H and O–H groups in total. The standard InChI is InChI=1S/C32H27ClFN5O3S/c1-42-31-36-16-23(17-37-31)14-26-18-39(32(38-30(26)41)43-20-22-4-12-28(34)13-5-22)29(19-40)35-15-21-2-6-24(7-3-21)25-8-10-27(33)11-9-25/h2-13,16-19,29,35H,14-15,20H2,1H3. The van der Waals surface area contributed by atoms with Gasteiger partial charge in [0, 0.05) is 47.9 Å². The van der Waals surface area contributed by atoms with Gasteiger partial charge in [-0.2, -0.15) is 4.98 Å². The highest BCUT2D eigenvalue weighted by Crippen LogP contribution is 2.24. The van der Waals surface area contributed by atoms with Gasteiger partial charge in [-0.15, -0.1) is 0 Å². The molecule has 43 heavy (non-hydrogen) atoms. The van der Waals surface area contributed by atoms with E-state index in [1.807, 2.05) is 48.5 Å². The number of rotatable bonds is 12. The van der Waals surface area contributed by atoms with Gasteiger partial charge in [-0.05, 0) is 52.1 Å². The molecule has 0 aliphatic rings. The number of halogens is 2. The molecule has 2 heterocycles. The van der Waals surface area contributed by atoms with Crippen LogP contribution in [0.1, 0.15) is 28.4 Å². The number of methoxy groups -OCH3 is 1. The Morgan fingerprint density at radius 1 is 0.953 bits per heavy atom. The zero-order valence-electron chi connectivity index (χ0n) is 23.1. The number of thioether (sulfide) groups is 1. The fourth-order valence-corrected chi connectivity index (χ4v) is 5.38. The monoisotopic (exact) mass is 615 g/mol. The highest BCUT2D eigenvalue weighted by Gasteiger charge is 2.18. The first kappa shape index (κ1) is 30.1. The van der Waals surface area contributed by atoms with E-state index in [2.05, 4.69) is 20.3 Å². The molecule has 0 saturated heterocycles. The maximum atomic E-state index is 13.4. The number of hydrogen-bond acceptors (Lipinski definition) is 8. The van der Waals surface area contributed by atoms with Gasteiger partial charge in [-0.3, -0.25) is 14.9 Å². The molecule has 0 amide bonds. The summed E-state index contributed by atoms with van der Waals surface area (Å²) in [5.74, 6) is 0.0953. The lowest BCUT2D eigenvalue weighted by Crippen LogP contribution is -2.31. The van der Waals surface area contributed by atoms with Crippen molar-refractivity contribution >= 4 is 29.6 Å². The van der Waals surface area contributed by atoms with Crippen LogP contribution >= 0.6 is 23.4 Å². The van der Waals surface area contributed by atoms with Crippen LogP contribution in [-0.2, 0) is 23.5 Å². The minimum atomic E-state index is -0.814. The van der Waals surface area contributed by atoms with E-state index in [9.17, 15) is 14.0 Å². The molecule has 1 unspecified atom stereocenters.